The Morgan fingerprint density at radius 1 is 1.35 bits per heavy atom. The van der Waals surface area contributed by atoms with E-state index in [1.165, 1.54) is 0 Å². The molecule has 108 valence electrons. The number of nitrogens with zero attached hydrogens (tertiary/aromatic N) is 1. The van der Waals surface area contributed by atoms with Crippen LogP contribution in [0.1, 0.15) is 29.8 Å². The van der Waals surface area contributed by atoms with Crippen LogP contribution >= 0.6 is 0 Å². The molecule has 0 heterocycles. The second-order valence-corrected chi connectivity index (χ2v) is 4.98. The predicted molar refractivity (Wildman–Crippen MR) is 75.2 cm³/mol. The fourth-order valence-electron chi connectivity index (χ4n) is 1.51. The standard InChI is InChI=1S/C15H20N2O3/c1-11(2)9-20-10-14(18)8-17-15(19)13-5-3-12(7-16)4-6-13/h3-6,11,14,18H,8-10H2,1-2H3,(H,17,19). The SMILES string of the molecule is CC(C)COCC(O)CNC(=O)c1ccc(C#N)cc1. The Morgan fingerprint density at radius 2 is 2.00 bits per heavy atom. The highest BCUT2D eigenvalue weighted by Crippen LogP contribution is 2.03. The lowest BCUT2D eigenvalue weighted by Gasteiger charge is -2.13. The largest absolute Gasteiger partial charge is 0.389 e. The summed E-state index contributed by atoms with van der Waals surface area (Å²) in [6, 6.07) is 8.31. The molecular weight excluding hydrogens is 256 g/mol. The molecule has 1 rings (SSSR count). The van der Waals surface area contributed by atoms with E-state index in [1.807, 2.05) is 19.9 Å². The topological polar surface area (TPSA) is 82.3 Å². The molecule has 1 amide bonds. The highest BCUT2D eigenvalue weighted by molar-refractivity contribution is 5.94. The first-order valence-electron chi connectivity index (χ1n) is 6.57. The summed E-state index contributed by atoms with van der Waals surface area (Å²) in [6.07, 6.45) is -0.726. The van der Waals surface area contributed by atoms with E-state index in [-0.39, 0.29) is 19.1 Å². The number of aliphatic hydroxyl groups excluding tert-OH is 1. The van der Waals surface area contributed by atoms with Crippen LogP contribution in [0.4, 0.5) is 0 Å². The van der Waals surface area contributed by atoms with Gasteiger partial charge in [-0.15, -0.1) is 0 Å². The normalized spacial score (nSPS) is 11.9. The molecule has 0 spiro atoms. The number of hydrogen-bond acceptors (Lipinski definition) is 4. The molecule has 1 unspecified atom stereocenters. The Kier molecular flexibility index (Phi) is 6.71. The maximum atomic E-state index is 11.8. The molecule has 0 aromatic heterocycles. The molecule has 0 radical (unpaired) electrons. The fraction of sp³-hybridized carbons (Fsp3) is 0.467. The molecular formula is C15H20N2O3. The number of rotatable bonds is 7. The summed E-state index contributed by atoms with van der Waals surface area (Å²) < 4.78 is 5.29. The fourth-order valence-corrected chi connectivity index (χ4v) is 1.51. The molecule has 1 atom stereocenters. The van der Waals surface area contributed by atoms with Crippen molar-refractivity contribution in [3.63, 3.8) is 0 Å². The number of carbonyl (C=O) groups is 1. The van der Waals surface area contributed by atoms with Crippen LogP contribution < -0.4 is 5.32 Å². The molecule has 0 bridgehead atoms. The van der Waals surface area contributed by atoms with E-state index in [4.69, 9.17) is 10.00 Å². The van der Waals surface area contributed by atoms with Crippen LogP contribution in [0.15, 0.2) is 24.3 Å². The number of carbonyl (C=O) groups excluding carboxylic acids is 1. The molecule has 1 aromatic rings. The van der Waals surface area contributed by atoms with Crippen LogP contribution in [-0.2, 0) is 4.74 Å². The van der Waals surface area contributed by atoms with E-state index in [0.717, 1.165) is 0 Å². The van der Waals surface area contributed by atoms with Gasteiger partial charge in [0, 0.05) is 18.7 Å². The molecule has 0 fully saturated rings. The van der Waals surface area contributed by atoms with Gasteiger partial charge in [-0.25, -0.2) is 0 Å². The van der Waals surface area contributed by atoms with Crippen molar-refractivity contribution >= 4 is 5.91 Å². The molecule has 0 aliphatic rings. The molecule has 0 aliphatic carbocycles. The first kappa shape index (κ1) is 16.2. The van der Waals surface area contributed by atoms with Crippen molar-refractivity contribution in [2.75, 3.05) is 19.8 Å². The van der Waals surface area contributed by atoms with E-state index < -0.39 is 6.10 Å². The van der Waals surface area contributed by atoms with Gasteiger partial charge in [0.25, 0.3) is 5.91 Å². The summed E-state index contributed by atoms with van der Waals surface area (Å²) in [7, 11) is 0. The lowest BCUT2D eigenvalue weighted by Crippen LogP contribution is -2.34. The monoisotopic (exact) mass is 276 g/mol. The zero-order chi connectivity index (χ0) is 15.0. The van der Waals surface area contributed by atoms with Crippen molar-refractivity contribution in [2.24, 2.45) is 5.92 Å². The molecule has 5 nitrogen and oxygen atoms in total. The van der Waals surface area contributed by atoms with Gasteiger partial charge in [-0.2, -0.15) is 5.26 Å². The average molecular weight is 276 g/mol. The second kappa shape index (κ2) is 8.31. The Hall–Kier alpha value is -1.90. The molecule has 0 saturated heterocycles. The quantitative estimate of drug-likeness (QED) is 0.787. The summed E-state index contributed by atoms with van der Waals surface area (Å²) in [5.74, 6) is 0.132. The van der Waals surface area contributed by atoms with Gasteiger partial charge in [0.2, 0.25) is 0 Å². The van der Waals surface area contributed by atoms with Crippen LogP contribution in [0, 0.1) is 17.2 Å². The Labute approximate surface area is 119 Å². The smallest absolute Gasteiger partial charge is 0.251 e. The van der Waals surface area contributed by atoms with E-state index in [2.05, 4.69) is 5.32 Å². The van der Waals surface area contributed by atoms with Gasteiger partial charge in [-0.1, -0.05) is 13.8 Å². The summed E-state index contributed by atoms with van der Waals surface area (Å²) in [5, 5.41) is 20.9. The average Bonchev–Trinajstić information content (AvgIpc) is 2.44. The summed E-state index contributed by atoms with van der Waals surface area (Å²) >= 11 is 0. The van der Waals surface area contributed by atoms with Gasteiger partial charge in [-0.05, 0) is 30.2 Å². The minimum atomic E-state index is -0.726. The zero-order valence-corrected chi connectivity index (χ0v) is 11.8. The third-order valence-corrected chi connectivity index (χ3v) is 2.54. The van der Waals surface area contributed by atoms with Crippen LogP contribution in [-0.4, -0.2) is 36.9 Å². The van der Waals surface area contributed by atoms with Crippen molar-refractivity contribution in [1.29, 1.82) is 5.26 Å². The van der Waals surface area contributed by atoms with E-state index >= 15 is 0 Å². The first-order valence-corrected chi connectivity index (χ1v) is 6.57. The van der Waals surface area contributed by atoms with Crippen LogP contribution in [0.5, 0.6) is 0 Å². The zero-order valence-electron chi connectivity index (χ0n) is 11.8. The number of benzene rings is 1. The molecule has 20 heavy (non-hydrogen) atoms. The summed E-state index contributed by atoms with van der Waals surface area (Å²) in [4.78, 5) is 11.8. The lowest BCUT2D eigenvalue weighted by molar-refractivity contribution is 0.0259. The third-order valence-electron chi connectivity index (χ3n) is 2.54. The molecule has 2 N–H and O–H groups in total. The number of nitriles is 1. The minimum absolute atomic E-state index is 0.136. The van der Waals surface area contributed by atoms with Crippen LogP contribution in [0.2, 0.25) is 0 Å². The second-order valence-electron chi connectivity index (χ2n) is 4.98. The number of nitrogens with one attached hydrogen (secondary N) is 1. The maximum absolute atomic E-state index is 11.8. The van der Waals surface area contributed by atoms with Crippen molar-refractivity contribution in [2.45, 2.75) is 20.0 Å². The molecule has 0 saturated carbocycles. The van der Waals surface area contributed by atoms with Crippen LogP contribution in [0.25, 0.3) is 0 Å². The number of hydrogen-bond donors (Lipinski definition) is 2. The van der Waals surface area contributed by atoms with Gasteiger partial charge in [0.1, 0.15) is 0 Å². The number of aliphatic hydroxyl groups is 1. The van der Waals surface area contributed by atoms with Crippen LogP contribution in [0.3, 0.4) is 0 Å². The first-order chi connectivity index (χ1) is 9.52. The van der Waals surface area contributed by atoms with Crippen molar-refractivity contribution in [3.05, 3.63) is 35.4 Å². The lowest BCUT2D eigenvalue weighted by atomic mass is 10.1. The third kappa shape index (κ3) is 5.83. The molecule has 0 aliphatic heterocycles. The Bertz CT molecular complexity index is 463. The van der Waals surface area contributed by atoms with Gasteiger partial charge in [0.15, 0.2) is 0 Å². The van der Waals surface area contributed by atoms with Crippen molar-refractivity contribution in [1.82, 2.24) is 5.32 Å². The minimum Gasteiger partial charge on any atom is -0.389 e. The Balaban J connectivity index is 2.33. The number of ether oxygens (including phenoxy) is 1. The van der Waals surface area contributed by atoms with Gasteiger partial charge >= 0.3 is 0 Å². The Morgan fingerprint density at radius 3 is 2.55 bits per heavy atom. The summed E-state index contributed by atoms with van der Waals surface area (Å²) in [5.41, 5.74) is 0.961. The highest BCUT2D eigenvalue weighted by Gasteiger charge is 2.09. The van der Waals surface area contributed by atoms with Crippen molar-refractivity contribution < 1.29 is 14.6 Å². The number of amides is 1. The van der Waals surface area contributed by atoms with Gasteiger partial charge in [-0.3, -0.25) is 4.79 Å². The summed E-state index contributed by atoms with van der Waals surface area (Å²) in [6.45, 7) is 4.97. The van der Waals surface area contributed by atoms with Crippen molar-refractivity contribution in [3.8, 4) is 6.07 Å². The van der Waals surface area contributed by atoms with E-state index in [9.17, 15) is 9.90 Å². The van der Waals surface area contributed by atoms with E-state index in [0.29, 0.717) is 23.7 Å². The molecule has 5 heteroatoms. The highest BCUT2D eigenvalue weighted by atomic mass is 16.5. The molecule has 1 aromatic carbocycles. The predicted octanol–water partition coefficient (Wildman–Crippen LogP) is 1.32. The van der Waals surface area contributed by atoms with Gasteiger partial charge < -0.3 is 15.2 Å². The van der Waals surface area contributed by atoms with E-state index in [1.54, 1.807) is 24.3 Å². The maximum Gasteiger partial charge on any atom is 0.251 e. The van der Waals surface area contributed by atoms with Gasteiger partial charge in [0.05, 0.1) is 24.3 Å².